The highest BCUT2D eigenvalue weighted by Crippen LogP contribution is 2.09. The first-order valence-electron chi connectivity index (χ1n) is 8.15. The van der Waals surface area contributed by atoms with E-state index in [4.69, 9.17) is 0 Å². The monoisotopic (exact) mass is 306 g/mol. The number of benzene rings is 1. The summed E-state index contributed by atoms with van der Waals surface area (Å²) in [6, 6.07) is 9.36. The van der Waals surface area contributed by atoms with Crippen LogP contribution in [-0.4, -0.2) is 51.6 Å². The molecule has 0 bridgehead atoms. The van der Waals surface area contributed by atoms with Crippen molar-refractivity contribution in [1.82, 2.24) is 9.80 Å². The van der Waals surface area contributed by atoms with E-state index in [0.717, 1.165) is 19.6 Å². The van der Waals surface area contributed by atoms with Gasteiger partial charge in [-0.05, 0) is 25.6 Å². The maximum absolute atomic E-state index is 2.58. The van der Waals surface area contributed by atoms with E-state index in [9.17, 15) is 0 Å². The summed E-state index contributed by atoms with van der Waals surface area (Å²) in [4.78, 5) is 4.84. The van der Waals surface area contributed by atoms with Crippen LogP contribution in [0.1, 0.15) is 19.4 Å². The molecule has 120 valence electrons. The lowest BCUT2D eigenvalue weighted by Gasteiger charge is -2.26. The zero-order chi connectivity index (χ0) is 16.0. The van der Waals surface area contributed by atoms with Crippen LogP contribution >= 0.6 is 0 Å². The molecule has 0 fully saturated rings. The fraction of sp³-hybridized carbons (Fsp3) is 0.667. The molecule has 0 radical (unpaired) electrons. The first-order valence-corrected chi connectivity index (χ1v) is 11.6. The Morgan fingerprint density at radius 3 is 1.95 bits per heavy atom. The van der Waals surface area contributed by atoms with E-state index in [1.54, 1.807) is 5.19 Å². The van der Waals surface area contributed by atoms with Gasteiger partial charge < -0.3 is 4.90 Å². The Morgan fingerprint density at radius 2 is 1.52 bits per heavy atom. The molecule has 0 N–H and O–H groups in total. The molecule has 0 heterocycles. The molecule has 3 heteroatoms. The van der Waals surface area contributed by atoms with Crippen molar-refractivity contribution in [3.63, 3.8) is 0 Å². The highest BCUT2D eigenvalue weighted by atomic mass is 28.3. The Labute approximate surface area is 133 Å². The summed E-state index contributed by atoms with van der Waals surface area (Å²) in [5.74, 6) is 0.716. The van der Waals surface area contributed by atoms with Gasteiger partial charge in [-0.1, -0.05) is 62.9 Å². The number of likely N-dealkylation sites (N-methyl/N-ethyl adjacent to an activating group) is 1. The van der Waals surface area contributed by atoms with Crippen molar-refractivity contribution >= 4 is 13.3 Å². The van der Waals surface area contributed by atoms with Gasteiger partial charge >= 0.3 is 0 Å². The van der Waals surface area contributed by atoms with Crippen LogP contribution in [-0.2, 0) is 6.54 Å². The van der Waals surface area contributed by atoms with Crippen LogP contribution in [0, 0.1) is 5.92 Å². The predicted molar refractivity (Wildman–Crippen MR) is 98.1 cm³/mol. The predicted octanol–water partition coefficient (Wildman–Crippen LogP) is 3.25. The highest BCUT2D eigenvalue weighted by Gasteiger charge is 2.16. The minimum Gasteiger partial charge on any atom is -0.308 e. The molecule has 0 spiro atoms. The minimum atomic E-state index is -1.17. The van der Waals surface area contributed by atoms with Crippen molar-refractivity contribution in [2.75, 3.05) is 33.7 Å². The third-order valence-electron chi connectivity index (χ3n) is 3.71. The second kappa shape index (κ2) is 8.11. The van der Waals surface area contributed by atoms with E-state index in [0.29, 0.717) is 5.92 Å². The van der Waals surface area contributed by atoms with Crippen LogP contribution in [0.2, 0.25) is 19.6 Å². The van der Waals surface area contributed by atoms with Crippen molar-refractivity contribution in [2.45, 2.75) is 40.0 Å². The number of rotatable bonds is 8. The Balaban J connectivity index is 2.69. The van der Waals surface area contributed by atoms with Gasteiger partial charge in [0.2, 0.25) is 0 Å². The van der Waals surface area contributed by atoms with E-state index >= 15 is 0 Å². The third-order valence-corrected chi connectivity index (χ3v) is 5.78. The summed E-state index contributed by atoms with van der Waals surface area (Å²) in [6.45, 7) is 16.3. The molecule has 0 atom stereocenters. The Kier molecular flexibility index (Phi) is 7.11. The molecule has 0 aliphatic heterocycles. The molecule has 21 heavy (non-hydrogen) atoms. The summed E-state index contributed by atoms with van der Waals surface area (Å²) >= 11 is 0. The van der Waals surface area contributed by atoms with Crippen LogP contribution in [0.4, 0.5) is 0 Å². The second-order valence-electron chi connectivity index (χ2n) is 7.88. The van der Waals surface area contributed by atoms with Crippen molar-refractivity contribution in [3.8, 4) is 0 Å². The Morgan fingerprint density at radius 1 is 0.952 bits per heavy atom. The van der Waals surface area contributed by atoms with E-state index in [2.05, 4.69) is 81.6 Å². The maximum atomic E-state index is 2.58. The summed E-state index contributed by atoms with van der Waals surface area (Å²) in [6.07, 6.45) is 0. The smallest absolute Gasteiger partial charge is 0.0775 e. The molecule has 0 aliphatic carbocycles. The molecule has 0 saturated heterocycles. The topological polar surface area (TPSA) is 6.48 Å². The summed E-state index contributed by atoms with van der Waals surface area (Å²) in [5, 5.41) is 1.55. The SMILES string of the molecule is CC(C)CN(CCN(C)C)Cc1ccc([Si](C)(C)C)cc1. The van der Waals surface area contributed by atoms with Crippen LogP contribution in [0.25, 0.3) is 0 Å². The quantitative estimate of drug-likeness (QED) is 0.680. The molecule has 1 rings (SSSR count). The molecule has 0 unspecified atom stereocenters. The normalized spacial score (nSPS) is 12.7. The van der Waals surface area contributed by atoms with E-state index in [-0.39, 0.29) is 0 Å². The lowest BCUT2D eigenvalue weighted by atomic mass is 10.1. The first kappa shape index (κ1) is 18.4. The molecule has 0 aliphatic rings. The van der Waals surface area contributed by atoms with Gasteiger partial charge in [0.15, 0.2) is 0 Å². The van der Waals surface area contributed by atoms with Gasteiger partial charge in [-0.25, -0.2) is 0 Å². The number of hydrogen-bond donors (Lipinski definition) is 0. The number of nitrogens with zero attached hydrogens (tertiary/aromatic N) is 2. The van der Waals surface area contributed by atoms with Crippen molar-refractivity contribution < 1.29 is 0 Å². The standard InChI is InChI=1S/C18H34N2Si/c1-16(2)14-20(13-12-19(3)4)15-17-8-10-18(11-9-17)21(5,6)7/h8-11,16H,12-15H2,1-7H3. The Hall–Kier alpha value is -0.643. The summed E-state index contributed by atoms with van der Waals surface area (Å²) in [5.41, 5.74) is 1.44. The molecule has 0 aromatic heterocycles. The van der Waals surface area contributed by atoms with E-state index < -0.39 is 8.07 Å². The largest absolute Gasteiger partial charge is 0.308 e. The molecule has 1 aromatic carbocycles. The average Bonchev–Trinajstić information content (AvgIpc) is 2.35. The van der Waals surface area contributed by atoms with Crippen molar-refractivity contribution in [3.05, 3.63) is 29.8 Å². The minimum absolute atomic E-state index is 0.716. The molecule has 1 aromatic rings. The molecular formula is C18H34N2Si. The van der Waals surface area contributed by atoms with Gasteiger partial charge in [-0.15, -0.1) is 0 Å². The molecule has 2 nitrogen and oxygen atoms in total. The highest BCUT2D eigenvalue weighted by molar-refractivity contribution is 6.88. The van der Waals surface area contributed by atoms with Crippen LogP contribution < -0.4 is 5.19 Å². The van der Waals surface area contributed by atoms with Gasteiger partial charge in [0.25, 0.3) is 0 Å². The van der Waals surface area contributed by atoms with Crippen LogP contribution in [0.15, 0.2) is 24.3 Å². The van der Waals surface area contributed by atoms with Crippen LogP contribution in [0.3, 0.4) is 0 Å². The van der Waals surface area contributed by atoms with Gasteiger partial charge in [0.05, 0.1) is 8.07 Å². The van der Waals surface area contributed by atoms with E-state index in [1.165, 1.54) is 12.1 Å². The zero-order valence-corrected chi connectivity index (χ0v) is 16.1. The molecule has 0 saturated carbocycles. The zero-order valence-electron chi connectivity index (χ0n) is 15.1. The average molecular weight is 307 g/mol. The van der Waals surface area contributed by atoms with Crippen molar-refractivity contribution in [2.24, 2.45) is 5.92 Å². The van der Waals surface area contributed by atoms with Gasteiger partial charge in [-0.2, -0.15) is 0 Å². The van der Waals surface area contributed by atoms with Gasteiger partial charge in [0.1, 0.15) is 0 Å². The van der Waals surface area contributed by atoms with Crippen molar-refractivity contribution in [1.29, 1.82) is 0 Å². The second-order valence-corrected chi connectivity index (χ2v) is 13.0. The van der Waals surface area contributed by atoms with Gasteiger partial charge in [-0.3, -0.25) is 4.90 Å². The molecule has 0 amide bonds. The maximum Gasteiger partial charge on any atom is 0.0775 e. The van der Waals surface area contributed by atoms with Gasteiger partial charge in [0, 0.05) is 26.2 Å². The summed E-state index contributed by atoms with van der Waals surface area (Å²) in [7, 11) is 3.13. The Bertz CT molecular complexity index is 404. The lowest BCUT2D eigenvalue weighted by Crippen LogP contribution is -2.37. The lowest BCUT2D eigenvalue weighted by molar-refractivity contribution is 0.212. The number of hydrogen-bond acceptors (Lipinski definition) is 2. The molecular weight excluding hydrogens is 272 g/mol. The fourth-order valence-electron chi connectivity index (χ4n) is 2.46. The van der Waals surface area contributed by atoms with Crippen LogP contribution in [0.5, 0.6) is 0 Å². The van der Waals surface area contributed by atoms with E-state index in [1.807, 2.05) is 0 Å². The third kappa shape index (κ3) is 7.25. The fourth-order valence-corrected chi connectivity index (χ4v) is 3.63. The summed E-state index contributed by atoms with van der Waals surface area (Å²) < 4.78 is 0. The first-order chi connectivity index (χ1) is 9.68.